The molecular weight excluding hydrogens is 330 g/mol. The molecule has 0 fully saturated rings. The SMILES string of the molecule is CCOc1ccc(NS(=O)(=O)c2ccc(C)c(C(=O)OC)c2)cc1. The lowest BCUT2D eigenvalue weighted by atomic mass is 10.1. The number of benzene rings is 2. The van der Waals surface area contributed by atoms with Crippen molar-refractivity contribution < 1.29 is 22.7 Å². The molecule has 1 N–H and O–H groups in total. The van der Waals surface area contributed by atoms with E-state index in [1.807, 2.05) is 6.92 Å². The Hall–Kier alpha value is -2.54. The first-order chi connectivity index (χ1) is 11.4. The van der Waals surface area contributed by atoms with E-state index in [2.05, 4.69) is 9.46 Å². The van der Waals surface area contributed by atoms with E-state index < -0.39 is 16.0 Å². The van der Waals surface area contributed by atoms with Crippen molar-refractivity contribution in [2.24, 2.45) is 0 Å². The molecule has 0 aromatic heterocycles. The Morgan fingerprint density at radius 2 is 1.79 bits per heavy atom. The molecular formula is C17H19NO5S. The van der Waals surface area contributed by atoms with Crippen LogP contribution in [0.3, 0.4) is 0 Å². The molecule has 2 aromatic rings. The average Bonchev–Trinajstić information content (AvgIpc) is 2.56. The van der Waals surface area contributed by atoms with E-state index in [9.17, 15) is 13.2 Å². The molecule has 0 bridgehead atoms. The first-order valence-electron chi connectivity index (χ1n) is 7.32. The van der Waals surface area contributed by atoms with Crippen molar-refractivity contribution in [2.45, 2.75) is 18.7 Å². The zero-order valence-corrected chi connectivity index (χ0v) is 14.5. The fraction of sp³-hybridized carbons (Fsp3) is 0.235. The van der Waals surface area contributed by atoms with Gasteiger partial charge in [-0.05, 0) is 55.8 Å². The second-order valence-electron chi connectivity index (χ2n) is 5.03. The molecule has 128 valence electrons. The minimum Gasteiger partial charge on any atom is -0.494 e. The van der Waals surface area contributed by atoms with Crippen LogP contribution in [0.25, 0.3) is 0 Å². The Labute approximate surface area is 141 Å². The van der Waals surface area contributed by atoms with E-state index in [4.69, 9.17) is 4.74 Å². The molecule has 7 heteroatoms. The number of esters is 1. The molecule has 6 nitrogen and oxygen atoms in total. The number of rotatable bonds is 6. The van der Waals surface area contributed by atoms with Gasteiger partial charge < -0.3 is 9.47 Å². The summed E-state index contributed by atoms with van der Waals surface area (Å²) in [6.45, 7) is 4.11. The van der Waals surface area contributed by atoms with Gasteiger partial charge in [-0.15, -0.1) is 0 Å². The van der Waals surface area contributed by atoms with Crippen LogP contribution < -0.4 is 9.46 Å². The van der Waals surface area contributed by atoms with Crippen molar-refractivity contribution in [1.29, 1.82) is 0 Å². The maximum atomic E-state index is 12.5. The van der Waals surface area contributed by atoms with Gasteiger partial charge in [-0.25, -0.2) is 13.2 Å². The largest absolute Gasteiger partial charge is 0.494 e. The summed E-state index contributed by atoms with van der Waals surface area (Å²) in [5.74, 6) is 0.0781. The molecule has 0 aliphatic carbocycles. The van der Waals surface area contributed by atoms with Crippen molar-refractivity contribution in [3.63, 3.8) is 0 Å². The van der Waals surface area contributed by atoms with Crippen LogP contribution in [0.1, 0.15) is 22.8 Å². The summed E-state index contributed by atoms with van der Waals surface area (Å²) in [5, 5.41) is 0. The lowest BCUT2D eigenvalue weighted by molar-refractivity contribution is 0.0599. The summed E-state index contributed by atoms with van der Waals surface area (Å²) >= 11 is 0. The summed E-state index contributed by atoms with van der Waals surface area (Å²) in [5.41, 5.74) is 1.26. The first kappa shape index (κ1) is 17.8. The number of carbonyl (C=O) groups excluding carboxylic acids is 1. The number of sulfonamides is 1. The summed E-state index contributed by atoms with van der Waals surface area (Å²) in [6, 6.07) is 10.9. The Morgan fingerprint density at radius 1 is 1.12 bits per heavy atom. The number of methoxy groups -OCH3 is 1. The maximum Gasteiger partial charge on any atom is 0.338 e. The fourth-order valence-electron chi connectivity index (χ4n) is 2.10. The second-order valence-corrected chi connectivity index (χ2v) is 6.71. The molecule has 0 saturated carbocycles. The van der Waals surface area contributed by atoms with E-state index in [-0.39, 0.29) is 10.5 Å². The van der Waals surface area contributed by atoms with Crippen molar-refractivity contribution in [2.75, 3.05) is 18.4 Å². The number of ether oxygens (including phenoxy) is 2. The molecule has 0 spiro atoms. The molecule has 24 heavy (non-hydrogen) atoms. The van der Waals surface area contributed by atoms with Crippen molar-refractivity contribution >= 4 is 21.7 Å². The third-order valence-corrected chi connectivity index (χ3v) is 4.72. The highest BCUT2D eigenvalue weighted by molar-refractivity contribution is 7.92. The van der Waals surface area contributed by atoms with Crippen molar-refractivity contribution in [1.82, 2.24) is 0 Å². The van der Waals surface area contributed by atoms with E-state index in [0.29, 0.717) is 23.6 Å². The van der Waals surface area contributed by atoms with Gasteiger partial charge in [0, 0.05) is 5.69 Å². The summed E-state index contributed by atoms with van der Waals surface area (Å²) in [6.07, 6.45) is 0. The summed E-state index contributed by atoms with van der Waals surface area (Å²) < 4.78 is 37.4. The number of anilines is 1. The predicted molar refractivity (Wildman–Crippen MR) is 90.9 cm³/mol. The third-order valence-electron chi connectivity index (χ3n) is 3.34. The molecule has 0 saturated heterocycles. The molecule has 0 aliphatic heterocycles. The van der Waals surface area contributed by atoms with Crippen LogP contribution in [0.2, 0.25) is 0 Å². The van der Waals surface area contributed by atoms with Crippen LogP contribution in [0.4, 0.5) is 5.69 Å². The van der Waals surface area contributed by atoms with Gasteiger partial charge >= 0.3 is 5.97 Å². The van der Waals surface area contributed by atoms with Crippen LogP contribution in [0.15, 0.2) is 47.4 Å². The molecule has 0 unspecified atom stereocenters. The molecule has 0 aliphatic rings. The minimum absolute atomic E-state index is 0.0117. The zero-order chi connectivity index (χ0) is 17.7. The monoisotopic (exact) mass is 349 g/mol. The van der Waals surface area contributed by atoms with Crippen molar-refractivity contribution in [3.8, 4) is 5.75 Å². The molecule has 2 rings (SSSR count). The predicted octanol–water partition coefficient (Wildman–Crippen LogP) is 2.98. The fourth-order valence-corrected chi connectivity index (χ4v) is 3.18. The highest BCUT2D eigenvalue weighted by Gasteiger charge is 2.18. The standard InChI is InChI=1S/C17H19NO5S/c1-4-23-14-8-6-13(7-9-14)18-24(20,21)15-10-5-12(2)16(11-15)17(19)22-3/h5-11,18H,4H2,1-3H3. The third kappa shape index (κ3) is 4.05. The van der Waals surface area contributed by atoms with Crippen LogP contribution >= 0.6 is 0 Å². The van der Waals surface area contributed by atoms with E-state index in [0.717, 1.165) is 0 Å². The molecule has 0 amide bonds. The minimum atomic E-state index is -3.82. The smallest absolute Gasteiger partial charge is 0.338 e. The number of nitrogens with one attached hydrogen (secondary N) is 1. The first-order valence-corrected chi connectivity index (χ1v) is 8.80. The van der Waals surface area contributed by atoms with Gasteiger partial charge in [-0.1, -0.05) is 6.07 Å². The van der Waals surface area contributed by atoms with Crippen LogP contribution in [0, 0.1) is 6.92 Å². The second kappa shape index (κ2) is 7.35. The van der Waals surface area contributed by atoms with Gasteiger partial charge in [0.2, 0.25) is 0 Å². The Bertz CT molecular complexity index is 829. The van der Waals surface area contributed by atoms with E-state index >= 15 is 0 Å². The van der Waals surface area contributed by atoms with Gasteiger partial charge in [0.25, 0.3) is 10.0 Å². The normalized spacial score (nSPS) is 11.0. The van der Waals surface area contributed by atoms with Crippen LogP contribution in [0.5, 0.6) is 5.75 Å². The van der Waals surface area contributed by atoms with Gasteiger partial charge in [0.15, 0.2) is 0 Å². The molecule has 0 radical (unpaired) electrons. The lowest BCUT2D eigenvalue weighted by Gasteiger charge is -2.11. The van der Waals surface area contributed by atoms with Gasteiger partial charge in [-0.3, -0.25) is 4.72 Å². The summed E-state index contributed by atoms with van der Waals surface area (Å²) in [7, 11) is -2.57. The van der Waals surface area contributed by atoms with Crippen LogP contribution in [-0.4, -0.2) is 28.1 Å². The highest BCUT2D eigenvalue weighted by Crippen LogP contribution is 2.21. The van der Waals surface area contributed by atoms with E-state index in [1.54, 1.807) is 37.3 Å². The Balaban J connectivity index is 2.28. The molecule has 0 atom stereocenters. The summed E-state index contributed by atoms with van der Waals surface area (Å²) in [4.78, 5) is 11.7. The molecule has 2 aromatic carbocycles. The number of aryl methyl sites for hydroxylation is 1. The molecule has 0 heterocycles. The van der Waals surface area contributed by atoms with Gasteiger partial charge in [0.1, 0.15) is 5.75 Å². The number of carbonyl (C=O) groups is 1. The average molecular weight is 349 g/mol. The maximum absolute atomic E-state index is 12.5. The lowest BCUT2D eigenvalue weighted by Crippen LogP contribution is -2.14. The van der Waals surface area contributed by atoms with E-state index in [1.165, 1.54) is 19.2 Å². The van der Waals surface area contributed by atoms with Gasteiger partial charge in [-0.2, -0.15) is 0 Å². The van der Waals surface area contributed by atoms with Gasteiger partial charge in [0.05, 0.1) is 24.2 Å². The number of hydrogen-bond donors (Lipinski definition) is 1. The van der Waals surface area contributed by atoms with Crippen molar-refractivity contribution in [3.05, 3.63) is 53.6 Å². The topological polar surface area (TPSA) is 81.7 Å². The zero-order valence-electron chi connectivity index (χ0n) is 13.7. The van der Waals surface area contributed by atoms with Crippen LogP contribution in [-0.2, 0) is 14.8 Å². The number of hydrogen-bond acceptors (Lipinski definition) is 5. The highest BCUT2D eigenvalue weighted by atomic mass is 32.2. The quantitative estimate of drug-likeness (QED) is 0.811. The Morgan fingerprint density at radius 3 is 2.38 bits per heavy atom. The Kier molecular flexibility index (Phi) is 5.46.